The lowest BCUT2D eigenvalue weighted by molar-refractivity contribution is 0.688. The van der Waals surface area contributed by atoms with E-state index >= 15 is 0 Å². The van der Waals surface area contributed by atoms with Crippen LogP contribution >= 0.6 is 15.9 Å². The third kappa shape index (κ3) is 2.54. The summed E-state index contributed by atoms with van der Waals surface area (Å²) in [6.07, 6.45) is 6.42. The van der Waals surface area contributed by atoms with Gasteiger partial charge < -0.3 is 4.98 Å². The molecule has 20 heavy (non-hydrogen) atoms. The van der Waals surface area contributed by atoms with Crippen molar-refractivity contribution in [2.75, 3.05) is 0 Å². The van der Waals surface area contributed by atoms with Crippen molar-refractivity contribution in [3.05, 3.63) is 44.4 Å². The molecule has 5 heteroatoms. The number of hydrogen-bond acceptors (Lipinski definition) is 3. The van der Waals surface area contributed by atoms with Crippen molar-refractivity contribution in [2.24, 2.45) is 0 Å². The molecule has 0 aromatic carbocycles. The predicted octanol–water partition coefficient (Wildman–Crippen LogP) is 3.56. The van der Waals surface area contributed by atoms with E-state index in [1.807, 2.05) is 19.1 Å². The fourth-order valence-corrected chi connectivity index (χ4v) is 3.19. The Balaban J connectivity index is 2.08. The summed E-state index contributed by atoms with van der Waals surface area (Å²) >= 11 is 3.38. The molecule has 1 aliphatic rings. The van der Waals surface area contributed by atoms with E-state index in [0.29, 0.717) is 21.9 Å². The number of H-pyrrole nitrogens is 1. The van der Waals surface area contributed by atoms with E-state index in [2.05, 4.69) is 30.9 Å². The summed E-state index contributed by atoms with van der Waals surface area (Å²) < 4.78 is 0.570. The minimum absolute atomic E-state index is 0.126. The molecule has 1 saturated carbocycles. The number of aryl methyl sites for hydroxylation is 1. The first-order chi connectivity index (χ1) is 9.65. The Kier molecular flexibility index (Phi) is 3.70. The Morgan fingerprint density at radius 1 is 1.30 bits per heavy atom. The summed E-state index contributed by atoms with van der Waals surface area (Å²) in [5.74, 6) is 0.941. The van der Waals surface area contributed by atoms with Gasteiger partial charge >= 0.3 is 0 Å². The molecular weight excluding hydrogens is 318 g/mol. The number of rotatable bonds is 2. The smallest absolute Gasteiger partial charge is 0.265 e. The van der Waals surface area contributed by atoms with Gasteiger partial charge in [-0.1, -0.05) is 18.9 Å². The molecule has 1 N–H and O–H groups in total. The molecular formula is C15H16BrN3O. The summed E-state index contributed by atoms with van der Waals surface area (Å²) in [7, 11) is 0. The first-order valence-electron chi connectivity index (χ1n) is 6.88. The largest absolute Gasteiger partial charge is 0.304 e. The van der Waals surface area contributed by atoms with Gasteiger partial charge in [-0.3, -0.25) is 9.78 Å². The summed E-state index contributed by atoms with van der Waals surface area (Å²) in [5.41, 5.74) is 2.55. The molecule has 2 aromatic rings. The highest BCUT2D eigenvalue weighted by Gasteiger charge is 2.23. The van der Waals surface area contributed by atoms with E-state index in [9.17, 15) is 4.79 Å². The van der Waals surface area contributed by atoms with Gasteiger partial charge in [-0.2, -0.15) is 0 Å². The van der Waals surface area contributed by atoms with Crippen LogP contribution in [0.5, 0.6) is 0 Å². The van der Waals surface area contributed by atoms with Crippen LogP contribution in [0.2, 0.25) is 0 Å². The number of aromatic nitrogens is 3. The quantitative estimate of drug-likeness (QED) is 0.913. The molecule has 2 heterocycles. The van der Waals surface area contributed by atoms with Gasteiger partial charge in [0.05, 0.1) is 5.69 Å². The predicted molar refractivity (Wildman–Crippen MR) is 81.7 cm³/mol. The SMILES string of the molecule is Cc1ccc(-c2nc(C3CCCC3)c(Br)c(=O)[nH]2)nc1. The van der Waals surface area contributed by atoms with Crippen molar-refractivity contribution < 1.29 is 0 Å². The van der Waals surface area contributed by atoms with Crippen LogP contribution < -0.4 is 5.56 Å². The van der Waals surface area contributed by atoms with Crippen LogP contribution in [0.25, 0.3) is 11.5 Å². The number of nitrogens with one attached hydrogen (secondary N) is 1. The van der Waals surface area contributed by atoms with Gasteiger partial charge in [-0.05, 0) is 47.3 Å². The molecule has 104 valence electrons. The van der Waals surface area contributed by atoms with Crippen LogP contribution in [0.4, 0.5) is 0 Å². The zero-order valence-electron chi connectivity index (χ0n) is 11.3. The maximum absolute atomic E-state index is 12.1. The van der Waals surface area contributed by atoms with E-state index < -0.39 is 0 Å². The summed E-state index contributed by atoms with van der Waals surface area (Å²) in [6.45, 7) is 1.98. The van der Waals surface area contributed by atoms with Gasteiger partial charge in [0.15, 0.2) is 5.82 Å². The lowest BCUT2D eigenvalue weighted by Gasteiger charge is -2.11. The first kappa shape index (κ1) is 13.5. The Morgan fingerprint density at radius 2 is 2.05 bits per heavy atom. The maximum atomic E-state index is 12.1. The van der Waals surface area contributed by atoms with Gasteiger partial charge in [0, 0.05) is 12.1 Å². The van der Waals surface area contributed by atoms with Crippen molar-refractivity contribution in [1.29, 1.82) is 0 Å². The summed E-state index contributed by atoms with van der Waals surface area (Å²) in [5, 5.41) is 0. The van der Waals surface area contributed by atoms with Gasteiger partial charge in [0.1, 0.15) is 10.2 Å². The van der Waals surface area contributed by atoms with E-state index in [0.717, 1.165) is 24.1 Å². The first-order valence-corrected chi connectivity index (χ1v) is 7.67. The Hall–Kier alpha value is -1.49. The number of hydrogen-bond donors (Lipinski definition) is 1. The fourth-order valence-electron chi connectivity index (χ4n) is 2.68. The molecule has 1 fully saturated rings. The molecule has 0 atom stereocenters. The summed E-state index contributed by atoms with van der Waals surface area (Å²) in [6, 6.07) is 3.86. The molecule has 0 spiro atoms. The maximum Gasteiger partial charge on any atom is 0.265 e. The van der Waals surface area contributed by atoms with Crippen LogP contribution in [0.15, 0.2) is 27.6 Å². The Morgan fingerprint density at radius 3 is 2.70 bits per heavy atom. The molecule has 0 radical (unpaired) electrons. The lowest BCUT2D eigenvalue weighted by Crippen LogP contribution is -2.15. The van der Waals surface area contributed by atoms with Crippen LogP contribution in [0, 0.1) is 6.92 Å². The molecule has 1 aliphatic carbocycles. The normalized spacial score (nSPS) is 15.7. The van der Waals surface area contributed by atoms with Crippen LogP contribution in [-0.4, -0.2) is 15.0 Å². The van der Waals surface area contributed by atoms with Gasteiger partial charge in [-0.25, -0.2) is 4.98 Å². The second kappa shape index (κ2) is 5.48. The zero-order chi connectivity index (χ0) is 14.1. The number of halogens is 1. The summed E-state index contributed by atoms with van der Waals surface area (Å²) in [4.78, 5) is 23.9. The minimum atomic E-state index is -0.126. The highest BCUT2D eigenvalue weighted by molar-refractivity contribution is 9.10. The average molecular weight is 334 g/mol. The van der Waals surface area contributed by atoms with Crippen molar-refractivity contribution in [3.63, 3.8) is 0 Å². The topological polar surface area (TPSA) is 58.6 Å². The van der Waals surface area contributed by atoms with Crippen LogP contribution in [0.1, 0.15) is 42.9 Å². The molecule has 0 aliphatic heterocycles. The molecule has 0 unspecified atom stereocenters. The van der Waals surface area contributed by atoms with E-state index in [-0.39, 0.29) is 5.56 Å². The van der Waals surface area contributed by atoms with Gasteiger partial charge in [-0.15, -0.1) is 0 Å². The van der Waals surface area contributed by atoms with Crippen molar-refractivity contribution in [3.8, 4) is 11.5 Å². The van der Waals surface area contributed by atoms with Gasteiger partial charge in [0.2, 0.25) is 0 Å². The minimum Gasteiger partial charge on any atom is -0.304 e. The molecule has 4 nitrogen and oxygen atoms in total. The second-order valence-corrected chi connectivity index (χ2v) is 6.11. The van der Waals surface area contributed by atoms with E-state index in [4.69, 9.17) is 0 Å². The average Bonchev–Trinajstić information content (AvgIpc) is 2.96. The Bertz CT molecular complexity index is 673. The lowest BCUT2D eigenvalue weighted by atomic mass is 10.0. The van der Waals surface area contributed by atoms with Crippen LogP contribution in [0.3, 0.4) is 0 Å². The monoisotopic (exact) mass is 333 g/mol. The van der Waals surface area contributed by atoms with E-state index in [1.165, 1.54) is 12.8 Å². The van der Waals surface area contributed by atoms with Crippen molar-refractivity contribution in [2.45, 2.75) is 38.5 Å². The third-order valence-electron chi connectivity index (χ3n) is 3.78. The highest BCUT2D eigenvalue weighted by atomic mass is 79.9. The van der Waals surface area contributed by atoms with Crippen molar-refractivity contribution in [1.82, 2.24) is 15.0 Å². The number of pyridine rings is 1. The molecule has 0 bridgehead atoms. The van der Waals surface area contributed by atoms with Crippen LogP contribution in [-0.2, 0) is 0 Å². The van der Waals surface area contributed by atoms with E-state index in [1.54, 1.807) is 6.20 Å². The molecule has 0 saturated heterocycles. The standard InChI is InChI=1S/C15H16BrN3O/c1-9-6-7-11(17-8-9)14-18-13(10-4-2-3-5-10)12(16)15(20)19-14/h6-8,10H,2-5H2,1H3,(H,18,19,20). The molecule has 2 aromatic heterocycles. The fraction of sp³-hybridized carbons (Fsp3) is 0.400. The molecule has 0 amide bonds. The highest BCUT2D eigenvalue weighted by Crippen LogP contribution is 2.35. The Labute approximate surface area is 125 Å². The van der Waals surface area contributed by atoms with Gasteiger partial charge in [0.25, 0.3) is 5.56 Å². The second-order valence-electron chi connectivity index (χ2n) is 5.32. The number of aromatic amines is 1. The molecule has 3 rings (SSSR count). The zero-order valence-corrected chi connectivity index (χ0v) is 12.9. The third-order valence-corrected chi connectivity index (χ3v) is 4.55. The number of nitrogens with zero attached hydrogens (tertiary/aromatic N) is 2. The van der Waals surface area contributed by atoms with Crippen molar-refractivity contribution >= 4 is 15.9 Å².